The SMILES string of the molecule is CCC(CC)N(C)C(CN)c1cnn(C(C)C)c1. The summed E-state index contributed by atoms with van der Waals surface area (Å²) in [5.41, 5.74) is 7.18. The van der Waals surface area contributed by atoms with Gasteiger partial charge in [-0.25, -0.2) is 0 Å². The maximum Gasteiger partial charge on any atom is 0.0538 e. The summed E-state index contributed by atoms with van der Waals surface area (Å²) in [6.45, 7) is 9.38. The van der Waals surface area contributed by atoms with Crippen LogP contribution in [0.4, 0.5) is 0 Å². The van der Waals surface area contributed by atoms with Crippen molar-refractivity contribution in [3.8, 4) is 0 Å². The van der Waals surface area contributed by atoms with Crippen molar-refractivity contribution in [2.75, 3.05) is 13.6 Å². The average molecular weight is 252 g/mol. The maximum atomic E-state index is 5.96. The summed E-state index contributed by atoms with van der Waals surface area (Å²) in [6, 6.07) is 1.25. The standard InChI is InChI=1S/C14H28N4/c1-6-13(7-2)17(5)14(8-15)12-9-16-18(10-12)11(3)4/h9-11,13-14H,6-8,15H2,1-5H3. The molecule has 1 aromatic heterocycles. The van der Waals surface area contributed by atoms with Gasteiger partial charge in [-0.3, -0.25) is 9.58 Å². The Hall–Kier alpha value is -0.870. The van der Waals surface area contributed by atoms with Crippen LogP contribution >= 0.6 is 0 Å². The second-order valence-electron chi connectivity index (χ2n) is 5.23. The zero-order chi connectivity index (χ0) is 13.7. The van der Waals surface area contributed by atoms with E-state index in [1.54, 1.807) is 0 Å². The third kappa shape index (κ3) is 3.33. The van der Waals surface area contributed by atoms with Crippen molar-refractivity contribution in [3.05, 3.63) is 18.0 Å². The summed E-state index contributed by atoms with van der Waals surface area (Å²) in [4.78, 5) is 2.39. The molecule has 0 bridgehead atoms. The zero-order valence-electron chi connectivity index (χ0n) is 12.4. The molecule has 0 amide bonds. The molecule has 0 fully saturated rings. The maximum absolute atomic E-state index is 5.96. The Morgan fingerprint density at radius 1 is 1.33 bits per heavy atom. The number of nitrogens with two attached hydrogens (primary N) is 1. The van der Waals surface area contributed by atoms with Gasteiger partial charge in [0.25, 0.3) is 0 Å². The molecule has 0 saturated heterocycles. The normalized spacial score (nSPS) is 13.8. The van der Waals surface area contributed by atoms with E-state index < -0.39 is 0 Å². The number of rotatable bonds is 7. The highest BCUT2D eigenvalue weighted by Gasteiger charge is 2.22. The van der Waals surface area contributed by atoms with Gasteiger partial charge in [0.15, 0.2) is 0 Å². The first kappa shape index (κ1) is 15.2. The van der Waals surface area contributed by atoms with E-state index in [9.17, 15) is 0 Å². The molecule has 104 valence electrons. The van der Waals surface area contributed by atoms with E-state index >= 15 is 0 Å². The smallest absolute Gasteiger partial charge is 0.0538 e. The van der Waals surface area contributed by atoms with Crippen LogP contribution < -0.4 is 5.73 Å². The number of aromatic nitrogens is 2. The monoisotopic (exact) mass is 252 g/mol. The molecule has 4 nitrogen and oxygen atoms in total. The predicted octanol–water partition coefficient (Wildman–Crippen LogP) is 2.58. The fourth-order valence-corrected chi connectivity index (χ4v) is 2.46. The van der Waals surface area contributed by atoms with Gasteiger partial charge in [-0.15, -0.1) is 0 Å². The van der Waals surface area contributed by atoms with E-state index in [0.717, 1.165) is 12.8 Å². The highest BCUT2D eigenvalue weighted by Crippen LogP contribution is 2.23. The van der Waals surface area contributed by atoms with E-state index in [4.69, 9.17) is 5.73 Å². The molecule has 1 atom stereocenters. The number of hydrogen-bond acceptors (Lipinski definition) is 3. The number of nitrogens with zero attached hydrogens (tertiary/aromatic N) is 3. The Morgan fingerprint density at radius 2 is 1.94 bits per heavy atom. The second-order valence-corrected chi connectivity index (χ2v) is 5.23. The number of hydrogen-bond donors (Lipinski definition) is 1. The first-order chi connectivity index (χ1) is 8.54. The minimum atomic E-state index is 0.266. The Morgan fingerprint density at radius 3 is 2.33 bits per heavy atom. The van der Waals surface area contributed by atoms with Gasteiger partial charge in [0, 0.05) is 30.4 Å². The molecular weight excluding hydrogens is 224 g/mol. The Labute approximate surface area is 111 Å². The molecule has 0 spiro atoms. The van der Waals surface area contributed by atoms with Crippen molar-refractivity contribution in [2.45, 2.75) is 58.7 Å². The highest BCUT2D eigenvalue weighted by molar-refractivity contribution is 5.12. The van der Waals surface area contributed by atoms with Crippen LogP contribution in [0.1, 0.15) is 58.2 Å². The lowest BCUT2D eigenvalue weighted by Crippen LogP contribution is -2.37. The van der Waals surface area contributed by atoms with Crippen molar-refractivity contribution in [1.29, 1.82) is 0 Å². The molecule has 2 N–H and O–H groups in total. The topological polar surface area (TPSA) is 47.1 Å². The molecule has 1 unspecified atom stereocenters. The summed E-state index contributed by atoms with van der Waals surface area (Å²) in [5.74, 6) is 0. The predicted molar refractivity (Wildman–Crippen MR) is 76.5 cm³/mol. The third-order valence-electron chi connectivity index (χ3n) is 3.77. The van der Waals surface area contributed by atoms with E-state index in [2.05, 4.69) is 50.9 Å². The second kappa shape index (κ2) is 6.90. The van der Waals surface area contributed by atoms with Crippen molar-refractivity contribution in [1.82, 2.24) is 14.7 Å². The minimum absolute atomic E-state index is 0.266. The lowest BCUT2D eigenvalue weighted by molar-refractivity contribution is 0.167. The Kier molecular flexibility index (Phi) is 5.82. The van der Waals surface area contributed by atoms with Gasteiger partial charge in [-0.2, -0.15) is 5.10 Å². The molecule has 0 aliphatic rings. The lowest BCUT2D eigenvalue weighted by atomic mass is 10.0. The van der Waals surface area contributed by atoms with Gasteiger partial charge in [-0.1, -0.05) is 13.8 Å². The number of likely N-dealkylation sites (N-methyl/N-ethyl adjacent to an activating group) is 1. The fraction of sp³-hybridized carbons (Fsp3) is 0.786. The van der Waals surface area contributed by atoms with Gasteiger partial charge in [0.1, 0.15) is 0 Å². The van der Waals surface area contributed by atoms with Crippen LogP contribution in [0.2, 0.25) is 0 Å². The summed E-state index contributed by atoms with van der Waals surface area (Å²) in [7, 11) is 2.17. The van der Waals surface area contributed by atoms with Crippen LogP contribution in [0.25, 0.3) is 0 Å². The minimum Gasteiger partial charge on any atom is -0.329 e. The van der Waals surface area contributed by atoms with Gasteiger partial charge in [0.05, 0.1) is 12.2 Å². The average Bonchev–Trinajstić information content (AvgIpc) is 2.81. The molecule has 0 aromatic carbocycles. The summed E-state index contributed by atoms with van der Waals surface area (Å²) in [5, 5.41) is 4.41. The van der Waals surface area contributed by atoms with E-state index in [-0.39, 0.29) is 6.04 Å². The quantitative estimate of drug-likeness (QED) is 0.811. The largest absolute Gasteiger partial charge is 0.329 e. The van der Waals surface area contributed by atoms with Gasteiger partial charge in [-0.05, 0) is 33.7 Å². The summed E-state index contributed by atoms with van der Waals surface area (Å²) >= 11 is 0. The molecule has 1 rings (SSSR count). The van der Waals surface area contributed by atoms with Gasteiger partial charge >= 0.3 is 0 Å². The molecular formula is C14H28N4. The van der Waals surface area contributed by atoms with E-state index in [0.29, 0.717) is 18.6 Å². The lowest BCUT2D eigenvalue weighted by Gasteiger charge is -2.33. The van der Waals surface area contributed by atoms with Crippen molar-refractivity contribution >= 4 is 0 Å². The van der Waals surface area contributed by atoms with Gasteiger partial charge in [0.2, 0.25) is 0 Å². The van der Waals surface area contributed by atoms with Crippen LogP contribution in [0, 0.1) is 0 Å². The summed E-state index contributed by atoms with van der Waals surface area (Å²) < 4.78 is 2.00. The Balaban J connectivity index is 2.87. The first-order valence-corrected chi connectivity index (χ1v) is 7.01. The van der Waals surface area contributed by atoms with Crippen LogP contribution in [0.3, 0.4) is 0 Å². The van der Waals surface area contributed by atoms with E-state index in [1.165, 1.54) is 5.56 Å². The molecule has 0 aliphatic carbocycles. The molecule has 0 saturated carbocycles. The molecule has 0 aliphatic heterocycles. The van der Waals surface area contributed by atoms with Crippen molar-refractivity contribution < 1.29 is 0 Å². The Bertz CT molecular complexity index is 341. The van der Waals surface area contributed by atoms with Crippen LogP contribution in [-0.4, -0.2) is 34.3 Å². The highest BCUT2D eigenvalue weighted by atomic mass is 15.3. The molecule has 1 aromatic rings. The molecule has 1 heterocycles. The first-order valence-electron chi connectivity index (χ1n) is 7.01. The molecule has 18 heavy (non-hydrogen) atoms. The van der Waals surface area contributed by atoms with Crippen LogP contribution in [0.15, 0.2) is 12.4 Å². The zero-order valence-corrected chi connectivity index (χ0v) is 12.4. The fourth-order valence-electron chi connectivity index (χ4n) is 2.46. The van der Waals surface area contributed by atoms with Crippen LogP contribution in [-0.2, 0) is 0 Å². The van der Waals surface area contributed by atoms with Crippen molar-refractivity contribution in [3.63, 3.8) is 0 Å². The van der Waals surface area contributed by atoms with Crippen LogP contribution in [0.5, 0.6) is 0 Å². The van der Waals surface area contributed by atoms with E-state index in [1.807, 2.05) is 10.9 Å². The van der Waals surface area contributed by atoms with Gasteiger partial charge < -0.3 is 5.73 Å². The summed E-state index contributed by atoms with van der Waals surface area (Å²) in [6.07, 6.45) is 6.39. The third-order valence-corrected chi connectivity index (χ3v) is 3.77. The molecule has 4 heteroatoms. The van der Waals surface area contributed by atoms with Crippen molar-refractivity contribution in [2.24, 2.45) is 5.73 Å². The molecule has 0 radical (unpaired) electrons.